The van der Waals surface area contributed by atoms with Crippen molar-refractivity contribution < 1.29 is 0 Å². The number of nitrogens with one attached hydrogen (secondary N) is 1. The van der Waals surface area contributed by atoms with Crippen LogP contribution in [0.25, 0.3) is 0 Å². The molecule has 1 rings (SSSR count). The molecule has 0 aliphatic rings. The van der Waals surface area contributed by atoms with Gasteiger partial charge in [0.15, 0.2) is 0 Å². The predicted octanol–water partition coefficient (Wildman–Crippen LogP) is 4.15. The maximum Gasteiger partial charge on any atom is 0.128 e. The summed E-state index contributed by atoms with van der Waals surface area (Å²) in [4.78, 5) is 7.07. The number of pyridine rings is 1. The largest absolute Gasteiger partial charge is 0.356 e. The summed E-state index contributed by atoms with van der Waals surface area (Å²) >= 11 is 0. The van der Waals surface area contributed by atoms with Crippen LogP contribution in [0.2, 0.25) is 0 Å². The van der Waals surface area contributed by atoms with Crippen LogP contribution in [0.1, 0.15) is 59.7 Å². The van der Waals surface area contributed by atoms with Gasteiger partial charge >= 0.3 is 0 Å². The van der Waals surface area contributed by atoms with E-state index >= 15 is 0 Å². The Labute approximate surface area is 131 Å². The highest BCUT2D eigenvalue weighted by Gasteiger charge is 2.25. The van der Waals surface area contributed by atoms with Crippen molar-refractivity contribution in [3.8, 4) is 0 Å². The third-order valence-electron chi connectivity index (χ3n) is 4.19. The molecular weight excluding hydrogens is 258 g/mol. The molecule has 1 N–H and O–H groups in total. The molecule has 0 spiro atoms. The second-order valence-corrected chi connectivity index (χ2v) is 8.17. The Bertz CT molecular complexity index is 466. The monoisotopic (exact) mass is 291 g/mol. The van der Waals surface area contributed by atoms with Gasteiger partial charge in [0.05, 0.1) is 0 Å². The lowest BCUT2D eigenvalue weighted by molar-refractivity contribution is 0.328. The Kier molecular flexibility index (Phi) is 5.43. The number of hydrogen-bond donors (Lipinski definition) is 1. The topological polar surface area (TPSA) is 28.2 Å². The highest BCUT2D eigenvalue weighted by molar-refractivity contribution is 5.42. The SMILES string of the molecule is Cc1nc(N(C)C(C)C(C)(C)C)ccc1CNC(C)(C)C. The maximum absolute atomic E-state index is 4.79. The molecule has 1 aromatic rings. The van der Waals surface area contributed by atoms with Crippen LogP contribution in [0, 0.1) is 12.3 Å². The summed E-state index contributed by atoms with van der Waals surface area (Å²) in [6, 6.07) is 4.76. The van der Waals surface area contributed by atoms with Crippen LogP contribution < -0.4 is 10.2 Å². The van der Waals surface area contributed by atoms with E-state index in [4.69, 9.17) is 4.98 Å². The number of hydrogen-bond acceptors (Lipinski definition) is 3. The van der Waals surface area contributed by atoms with Gasteiger partial charge in [-0.1, -0.05) is 26.8 Å². The molecule has 0 amide bonds. The molecule has 0 saturated heterocycles. The van der Waals surface area contributed by atoms with E-state index in [9.17, 15) is 0 Å². The molecule has 0 aliphatic heterocycles. The van der Waals surface area contributed by atoms with Gasteiger partial charge in [0.1, 0.15) is 5.82 Å². The molecule has 1 heterocycles. The predicted molar refractivity (Wildman–Crippen MR) is 92.9 cm³/mol. The van der Waals surface area contributed by atoms with Gasteiger partial charge < -0.3 is 10.2 Å². The first-order valence-electron chi connectivity index (χ1n) is 7.86. The Balaban J connectivity index is 2.87. The molecule has 0 aromatic carbocycles. The van der Waals surface area contributed by atoms with Crippen LogP contribution in [0.15, 0.2) is 12.1 Å². The maximum atomic E-state index is 4.79. The molecule has 120 valence electrons. The summed E-state index contributed by atoms with van der Waals surface area (Å²) in [7, 11) is 2.13. The van der Waals surface area contributed by atoms with Crippen molar-refractivity contribution in [3.05, 3.63) is 23.4 Å². The average Bonchev–Trinajstić information content (AvgIpc) is 2.33. The number of nitrogens with zero attached hydrogens (tertiary/aromatic N) is 2. The fraction of sp³-hybridized carbons (Fsp3) is 0.722. The normalized spacial score (nSPS) is 14.1. The van der Waals surface area contributed by atoms with E-state index < -0.39 is 0 Å². The molecule has 3 nitrogen and oxygen atoms in total. The fourth-order valence-corrected chi connectivity index (χ4v) is 2.10. The van der Waals surface area contributed by atoms with Gasteiger partial charge in [0.25, 0.3) is 0 Å². The molecular formula is C18H33N3. The highest BCUT2D eigenvalue weighted by Crippen LogP contribution is 2.26. The van der Waals surface area contributed by atoms with Crippen molar-refractivity contribution in [2.45, 2.75) is 73.5 Å². The van der Waals surface area contributed by atoms with Gasteiger partial charge in [-0.25, -0.2) is 4.98 Å². The molecule has 1 atom stereocenters. The molecule has 0 radical (unpaired) electrons. The second kappa shape index (κ2) is 6.35. The third-order valence-corrected chi connectivity index (χ3v) is 4.19. The van der Waals surface area contributed by atoms with Gasteiger partial charge in [0, 0.05) is 30.9 Å². The molecule has 0 aliphatic carbocycles. The van der Waals surface area contributed by atoms with E-state index in [0.29, 0.717) is 6.04 Å². The summed E-state index contributed by atoms with van der Waals surface area (Å²) in [5, 5.41) is 3.52. The van der Waals surface area contributed by atoms with Gasteiger partial charge in [-0.3, -0.25) is 0 Å². The number of rotatable bonds is 4. The average molecular weight is 291 g/mol. The zero-order chi connectivity index (χ0) is 16.4. The summed E-state index contributed by atoms with van der Waals surface area (Å²) in [5.41, 5.74) is 2.74. The van der Waals surface area contributed by atoms with E-state index in [1.807, 2.05) is 0 Å². The lowest BCUT2D eigenvalue weighted by Gasteiger charge is -2.36. The van der Waals surface area contributed by atoms with Crippen LogP contribution in [0.3, 0.4) is 0 Å². The van der Waals surface area contributed by atoms with Crippen LogP contribution in [0.5, 0.6) is 0 Å². The van der Waals surface area contributed by atoms with E-state index in [-0.39, 0.29) is 11.0 Å². The summed E-state index contributed by atoms with van der Waals surface area (Å²) in [6.07, 6.45) is 0. The van der Waals surface area contributed by atoms with Gasteiger partial charge in [-0.2, -0.15) is 0 Å². The van der Waals surface area contributed by atoms with Gasteiger partial charge in [-0.15, -0.1) is 0 Å². The first-order chi connectivity index (χ1) is 9.42. The first kappa shape index (κ1) is 18.0. The van der Waals surface area contributed by atoms with Gasteiger partial charge in [-0.05, 0) is 51.7 Å². The Morgan fingerprint density at radius 3 is 2.14 bits per heavy atom. The molecule has 0 fully saturated rings. The molecule has 21 heavy (non-hydrogen) atoms. The van der Waals surface area contributed by atoms with Crippen molar-refractivity contribution in [1.82, 2.24) is 10.3 Å². The van der Waals surface area contributed by atoms with Crippen molar-refractivity contribution in [1.29, 1.82) is 0 Å². The zero-order valence-corrected chi connectivity index (χ0v) is 15.3. The smallest absolute Gasteiger partial charge is 0.128 e. The molecule has 0 saturated carbocycles. The molecule has 0 bridgehead atoms. The minimum Gasteiger partial charge on any atom is -0.356 e. The van der Waals surface area contributed by atoms with E-state index in [1.54, 1.807) is 0 Å². The summed E-state index contributed by atoms with van der Waals surface area (Å²) < 4.78 is 0. The fourth-order valence-electron chi connectivity index (χ4n) is 2.10. The lowest BCUT2D eigenvalue weighted by Crippen LogP contribution is -2.40. The molecule has 1 unspecified atom stereocenters. The molecule has 3 heteroatoms. The van der Waals surface area contributed by atoms with E-state index in [1.165, 1.54) is 5.56 Å². The summed E-state index contributed by atoms with van der Waals surface area (Å²) in [6.45, 7) is 18.6. The Morgan fingerprint density at radius 1 is 1.14 bits per heavy atom. The Hall–Kier alpha value is -1.09. The third kappa shape index (κ3) is 5.31. The number of aryl methyl sites for hydroxylation is 1. The quantitative estimate of drug-likeness (QED) is 0.903. The minimum absolute atomic E-state index is 0.128. The lowest BCUT2D eigenvalue weighted by atomic mass is 9.87. The van der Waals surface area contributed by atoms with Crippen molar-refractivity contribution >= 4 is 5.82 Å². The number of anilines is 1. The van der Waals surface area contributed by atoms with Crippen LogP contribution in [0.4, 0.5) is 5.82 Å². The van der Waals surface area contributed by atoms with E-state index in [2.05, 4.69) is 84.8 Å². The standard InChI is InChI=1S/C18H33N3/c1-13-15(12-19-18(6,7)8)10-11-16(20-13)21(9)14(2)17(3,4)5/h10-11,14,19H,12H2,1-9H3. The minimum atomic E-state index is 0.128. The van der Waals surface area contributed by atoms with Crippen molar-refractivity contribution in [2.24, 2.45) is 5.41 Å². The second-order valence-electron chi connectivity index (χ2n) is 8.17. The molecule has 1 aromatic heterocycles. The van der Waals surface area contributed by atoms with Crippen LogP contribution in [-0.4, -0.2) is 23.6 Å². The van der Waals surface area contributed by atoms with E-state index in [0.717, 1.165) is 18.1 Å². The zero-order valence-electron chi connectivity index (χ0n) is 15.3. The summed E-state index contributed by atoms with van der Waals surface area (Å²) in [5.74, 6) is 1.05. The Morgan fingerprint density at radius 2 is 1.71 bits per heavy atom. The van der Waals surface area contributed by atoms with Crippen LogP contribution in [-0.2, 0) is 6.54 Å². The highest BCUT2D eigenvalue weighted by atomic mass is 15.2. The van der Waals surface area contributed by atoms with Crippen molar-refractivity contribution in [2.75, 3.05) is 11.9 Å². The first-order valence-corrected chi connectivity index (χ1v) is 7.86. The van der Waals surface area contributed by atoms with Crippen LogP contribution >= 0.6 is 0 Å². The van der Waals surface area contributed by atoms with Gasteiger partial charge in [0.2, 0.25) is 0 Å². The van der Waals surface area contributed by atoms with Crippen molar-refractivity contribution in [3.63, 3.8) is 0 Å². The number of aromatic nitrogens is 1.